The van der Waals surface area contributed by atoms with Crippen LogP contribution in [0, 0.1) is 20.8 Å². The summed E-state index contributed by atoms with van der Waals surface area (Å²) in [7, 11) is 0. The monoisotopic (exact) mass is 346 g/mol. The Labute approximate surface area is 145 Å². The van der Waals surface area contributed by atoms with Crippen molar-refractivity contribution in [3.63, 3.8) is 0 Å². The number of hydrogen-bond donors (Lipinski definition) is 3. The van der Waals surface area contributed by atoms with Crippen LogP contribution in [-0.4, -0.2) is 38.8 Å². The van der Waals surface area contributed by atoms with Gasteiger partial charge in [-0.1, -0.05) is 6.92 Å². The SMILES string of the molecule is CCc1nc(C)ccc1OCC(=O)NC(C(=O)O)c1c(C)n[nH]c1C. The molecule has 0 aliphatic heterocycles. The molecule has 0 aromatic carbocycles. The number of H-pyrrole nitrogens is 1. The zero-order valence-corrected chi connectivity index (χ0v) is 14.7. The van der Waals surface area contributed by atoms with E-state index >= 15 is 0 Å². The molecule has 0 saturated heterocycles. The number of carboxylic acid groups (broad SMARTS) is 1. The number of aromatic amines is 1. The Hall–Kier alpha value is -2.90. The Morgan fingerprint density at radius 3 is 2.60 bits per heavy atom. The van der Waals surface area contributed by atoms with Crippen molar-refractivity contribution in [1.29, 1.82) is 0 Å². The molecule has 0 aliphatic carbocycles. The first kappa shape index (κ1) is 18.4. The van der Waals surface area contributed by atoms with Crippen molar-refractivity contribution in [1.82, 2.24) is 20.5 Å². The minimum atomic E-state index is -1.18. The van der Waals surface area contributed by atoms with Gasteiger partial charge in [0.1, 0.15) is 5.75 Å². The largest absolute Gasteiger partial charge is 0.482 e. The van der Waals surface area contributed by atoms with Gasteiger partial charge in [0, 0.05) is 17.0 Å². The van der Waals surface area contributed by atoms with Gasteiger partial charge in [0.15, 0.2) is 12.6 Å². The lowest BCUT2D eigenvalue weighted by Crippen LogP contribution is -2.37. The second-order valence-electron chi connectivity index (χ2n) is 5.73. The molecular formula is C17H22N4O4. The first-order valence-corrected chi connectivity index (χ1v) is 7.96. The molecule has 8 heteroatoms. The van der Waals surface area contributed by atoms with E-state index in [4.69, 9.17) is 4.74 Å². The van der Waals surface area contributed by atoms with Gasteiger partial charge in [-0.2, -0.15) is 5.10 Å². The number of carboxylic acids is 1. The quantitative estimate of drug-likeness (QED) is 0.701. The molecule has 2 rings (SSSR count). The lowest BCUT2D eigenvalue weighted by molar-refractivity contribution is -0.142. The van der Waals surface area contributed by atoms with Crippen LogP contribution in [0.5, 0.6) is 5.75 Å². The first-order chi connectivity index (χ1) is 11.8. The molecule has 0 fully saturated rings. The summed E-state index contributed by atoms with van der Waals surface area (Å²) in [6, 6.07) is 2.37. The highest BCUT2D eigenvalue weighted by molar-refractivity contribution is 5.85. The predicted molar refractivity (Wildman–Crippen MR) is 90.4 cm³/mol. The molecule has 25 heavy (non-hydrogen) atoms. The number of ether oxygens (including phenoxy) is 1. The summed E-state index contributed by atoms with van der Waals surface area (Å²) in [5.41, 5.74) is 3.20. The third-order valence-corrected chi connectivity index (χ3v) is 3.79. The van der Waals surface area contributed by atoms with Gasteiger partial charge in [-0.15, -0.1) is 0 Å². The number of aliphatic carboxylic acids is 1. The van der Waals surface area contributed by atoms with Gasteiger partial charge in [0.25, 0.3) is 5.91 Å². The predicted octanol–water partition coefficient (Wildman–Crippen LogP) is 1.61. The molecule has 8 nitrogen and oxygen atoms in total. The summed E-state index contributed by atoms with van der Waals surface area (Å²) in [6.45, 7) is 6.92. The summed E-state index contributed by atoms with van der Waals surface area (Å²) in [6.07, 6.45) is 0.670. The average Bonchev–Trinajstić information content (AvgIpc) is 2.89. The number of carbonyl (C=O) groups excluding carboxylic acids is 1. The molecule has 0 spiro atoms. The molecular weight excluding hydrogens is 324 g/mol. The van der Waals surface area contributed by atoms with Gasteiger partial charge >= 0.3 is 5.97 Å². The lowest BCUT2D eigenvalue weighted by atomic mass is 10.1. The lowest BCUT2D eigenvalue weighted by Gasteiger charge is -2.16. The number of rotatable bonds is 7. The number of nitrogens with zero attached hydrogens (tertiary/aromatic N) is 2. The van der Waals surface area contributed by atoms with E-state index in [2.05, 4.69) is 20.5 Å². The molecule has 0 saturated carbocycles. The molecule has 2 aromatic rings. The van der Waals surface area contributed by atoms with Gasteiger partial charge in [-0.25, -0.2) is 4.79 Å². The fourth-order valence-corrected chi connectivity index (χ4v) is 2.57. The molecule has 1 atom stereocenters. The Morgan fingerprint density at radius 1 is 1.32 bits per heavy atom. The first-order valence-electron chi connectivity index (χ1n) is 7.96. The van der Waals surface area contributed by atoms with E-state index in [0.29, 0.717) is 29.1 Å². The van der Waals surface area contributed by atoms with Crippen LogP contribution in [-0.2, 0) is 16.0 Å². The third-order valence-electron chi connectivity index (χ3n) is 3.79. The van der Waals surface area contributed by atoms with Crippen molar-refractivity contribution in [2.24, 2.45) is 0 Å². The highest BCUT2D eigenvalue weighted by Gasteiger charge is 2.27. The minimum Gasteiger partial charge on any atom is -0.482 e. The van der Waals surface area contributed by atoms with Gasteiger partial charge < -0.3 is 15.2 Å². The number of amides is 1. The van der Waals surface area contributed by atoms with Gasteiger partial charge in [0.2, 0.25) is 0 Å². The molecule has 0 aliphatic rings. The zero-order valence-electron chi connectivity index (χ0n) is 14.7. The van der Waals surface area contributed by atoms with Crippen molar-refractivity contribution in [3.05, 3.63) is 40.5 Å². The molecule has 2 aromatic heterocycles. The molecule has 2 heterocycles. The summed E-state index contributed by atoms with van der Waals surface area (Å²) in [5.74, 6) is -1.17. The molecule has 1 unspecified atom stereocenters. The average molecular weight is 346 g/mol. The molecule has 1 amide bonds. The van der Waals surface area contributed by atoms with E-state index in [9.17, 15) is 14.7 Å². The maximum Gasteiger partial charge on any atom is 0.331 e. The van der Waals surface area contributed by atoms with Crippen LogP contribution in [0.25, 0.3) is 0 Å². The Balaban J connectivity index is 2.07. The molecule has 0 radical (unpaired) electrons. The number of nitrogens with one attached hydrogen (secondary N) is 2. The highest BCUT2D eigenvalue weighted by Crippen LogP contribution is 2.20. The summed E-state index contributed by atoms with van der Waals surface area (Å²) >= 11 is 0. The number of pyridine rings is 1. The van der Waals surface area contributed by atoms with Crippen LogP contribution in [0.1, 0.15) is 41.3 Å². The zero-order chi connectivity index (χ0) is 18.6. The standard InChI is InChI=1S/C17H22N4O4/c1-5-12-13(7-6-9(2)18-12)25-8-14(22)19-16(17(23)24)15-10(3)20-21-11(15)4/h6-7,16H,5,8H2,1-4H3,(H,19,22)(H,20,21)(H,23,24). The smallest absolute Gasteiger partial charge is 0.331 e. The molecule has 0 bridgehead atoms. The summed E-state index contributed by atoms with van der Waals surface area (Å²) < 4.78 is 5.51. The van der Waals surface area contributed by atoms with Crippen LogP contribution in [0.3, 0.4) is 0 Å². The van der Waals surface area contributed by atoms with Crippen LogP contribution in [0.4, 0.5) is 0 Å². The van der Waals surface area contributed by atoms with Crippen molar-refractivity contribution < 1.29 is 19.4 Å². The Morgan fingerprint density at radius 2 is 2.04 bits per heavy atom. The van der Waals surface area contributed by atoms with Crippen molar-refractivity contribution in [2.45, 2.75) is 40.2 Å². The van der Waals surface area contributed by atoms with Crippen molar-refractivity contribution >= 4 is 11.9 Å². The van der Waals surface area contributed by atoms with Crippen LogP contribution < -0.4 is 10.1 Å². The van der Waals surface area contributed by atoms with Crippen LogP contribution in [0.2, 0.25) is 0 Å². The molecule has 134 valence electrons. The summed E-state index contributed by atoms with van der Waals surface area (Å²) in [4.78, 5) is 28.1. The fraction of sp³-hybridized carbons (Fsp3) is 0.412. The number of aryl methyl sites for hydroxylation is 4. The minimum absolute atomic E-state index is 0.294. The maximum atomic E-state index is 12.2. The van der Waals surface area contributed by atoms with Gasteiger partial charge in [-0.3, -0.25) is 14.9 Å². The Kier molecular flexibility index (Phi) is 5.74. The normalized spacial score (nSPS) is 11.8. The van der Waals surface area contributed by atoms with Crippen molar-refractivity contribution in [3.8, 4) is 5.75 Å². The van der Waals surface area contributed by atoms with E-state index in [1.807, 2.05) is 13.8 Å². The Bertz CT molecular complexity index is 765. The van der Waals surface area contributed by atoms with E-state index in [-0.39, 0.29) is 6.61 Å². The molecule has 3 N–H and O–H groups in total. The summed E-state index contributed by atoms with van der Waals surface area (Å²) in [5, 5.41) is 18.6. The third kappa shape index (κ3) is 4.34. The van der Waals surface area contributed by atoms with Crippen LogP contribution in [0.15, 0.2) is 12.1 Å². The fourth-order valence-electron chi connectivity index (χ4n) is 2.57. The van der Waals surface area contributed by atoms with E-state index in [1.165, 1.54) is 0 Å². The van der Waals surface area contributed by atoms with E-state index in [0.717, 1.165) is 11.4 Å². The topological polar surface area (TPSA) is 117 Å². The van der Waals surface area contributed by atoms with Gasteiger partial charge in [0.05, 0.1) is 11.4 Å². The van der Waals surface area contributed by atoms with Gasteiger partial charge in [-0.05, 0) is 39.3 Å². The second kappa shape index (κ2) is 7.78. The van der Waals surface area contributed by atoms with Crippen molar-refractivity contribution in [2.75, 3.05) is 6.61 Å². The number of aromatic nitrogens is 3. The maximum absolute atomic E-state index is 12.2. The number of carbonyl (C=O) groups is 2. The second-order valence-corrected chi connectivity index (χ2v) is 5.73. The van der Waals surface area contributed by atoms with Crippen LogP contribution >= 0.6 is 0 Å². The van der Waals surface area contributed by atoms with E-state index < -0.39 is 17.9 Å². The highest BCUT2D eigenvalue weighted by atomic mass is 16.5. The van der Waals surface area contributed by atoms with E-state index in [1.54, 1.807) is 26.0 Å². The number of hydrogen-bond acceptors (Lipinski definition) is 5.